The zero-order valence-electron chi connectivity index (χ0n) is 14.1. The highest BCUT2D eigenvalue weighted by Gasteiger charge is 2.31. The topological polar surface area (TPSA) is 85.5 Å². The predicted octanol–water partition coefficient (Wildman–Crippen LogP) is 2.20. The first-order chi connectivity index (χ1) is 11.9. The Kier molecular flexibility index (Phi) is 5.16. The van der Waals surface area contributed by atoms with Crippen molar-refractivity contribution in [1.29, 1.82) is 0 Å². The molecule has 1 saturated heterocycles. The van der Waals surface area contributed by atoms with Crippen LogP contribution in [0.4, 0.5) is 4.39 Å². The van der Waals surface area contributed by atoms with Gasteiger partial charge in [0, 0.05) is 13.1 Å². The van der Waals surface area contributed by atoms with E-state index >= 15 is 0 Å². The number of piperidine rings is 1. The lowest BCUT2D eigenvalue weighted by Crippen LogP contribution is -2.41. The molecule has 1 aromatic carbocycles. The Morgan fingerprint density at radius 1 is 1.32 bits per heavy atom. The molecule has 0 unspecified atom stereocenters. The summed E-state index contributed by atoms with van der Waals surface area (Å²) in [4.78, 5) is 4.08. The fraction of sp³-hybridized carbons (Fsp3) is 0.500. The van der Waals surface area contributed by atoms with Crippen molar-refractivity contribution in [1.82, 2.24) is 14.4 Å². The molecule has 0 N–H and O–H groups in total. The van der Waals surface area contributed by atoms with Crippen molar-refractivity contribution in [2.45, 2.75) is 44.3 Å². The predicted molar refractivity (Wildman–Crippen MR) is 86.7 cm³/mol. The van der Waals surface area contributed by atoms with Crippen LogP contribution in [0, 0.1) is 19.7 Å². The summed E-state index contributed by atoms with van der Waals surface area (Å²) >= 11 is 0. The Bertz CT molecular complexity index is 845. The van der Waals surface area contributed by atoms with Crippen molar-refractivity contribution in [2.75, 3.05) is 13.1 Å². The van der Waals surface area contributed by atoms with Gasteiger partial charge in [0.15, 0.2) is 5.82 Å². The van der Waals surface area contributed by atoms with Crippen LogP contribution >= 0.6 is 0 Å². The molecule has 7 nitrogen and oxygen atoms in total. The number of aryl methyl sites for hydroxylation is 2. The van der Waals surface area contributed by atoms with Crippen LogP contribution in [-0.2, 0) is 21.4 Å². The van der Waals surface area contributed by atoms with E-state index in [4.69, 9.17) is 9.26 Å². The number of hydrogen-bond acceptors (Lipinski definition) is 6. The van der Waals surface area contributed by atoms with Gasteiger partial charge in [0.1, 0.15) is 12.4 Å². The Balaban J connectivity index is 1.60. The van der Waals surface area contributed by atoms with Crippen molar-refractivity contribution in [3.8, 4) is 0 Å². The van der Waals surface area contributed by atoms with E-state index in [2.05, 4.69) is 10.1 Å². The Labute approximate surface area is 145 Å². The Morgan fingerprint density at radius 2 is 2.04 bits per heavy atom. The molecule has 136 valence electrons. The van der Waals surface area contributed by atoms with E-state index in [1.807, 2.05) is 0 Å². The summed E-state index contributed by atoms with van der Waals surface area (Å²) in [7, 11) is -3.71. The van der Waals surface area contributed by atoms with Gasteiger partial charge < -0.3 is 9.26 Å². The van der Waals surface area contributed by atoms with E-state index in [0.29, 0.717) is 43.2 Å². The SMILES string of the molecule is Cc1noc(COC2CCN(S(=O)(=O)c3cc(F)ccc3C)CC2)n1. The standard InChI is InChI=1S/C16H20FN3O4S/c1-11-3-4-13(17)9-15(11)25(21,22)20-7-5-14(6-8-20)23-10-16-18-12(2)19-24-16/h3-4,9,14H,5-8,10H2,1-2H3. The van der Waals surface area contributed by atoms with Crippen molar-refractivity contribution in [2.24, 2.45) is 0 Å². The molecule has 25 heavy (non-hydrogen) atoms. The maximum atomic E-state index is 13.4. The van der Waals surface area contributed by atoms with Crippen LogP contribution < -0.4 is 0 Å². The first-order valence-electron chi connectivity index (χ1n) is 8.03. The fourth-order valence-electron chi connectivity index (χ4n) is 2.82. The van der Waals surface area contributed by atoms with E-state index in [0.717, 1.165) is 6.07 Å². The lowest BCUT2D eigenvalue weighted by atomic mass is 10.1. The zero-order chi connectivity index (χ0) is 18.0. The normalized spacial score (nSPS) is 17.1. The average molecular weight is 369 g/mol. The maximum absolute atomic E-state index is 13.4. The molecule has 1 aromatic heterocycles. The number of aromatic nitrogens is 2. The van der Waals surface area contributed by atoms with Gasteiger partial charge in [-0.1, -0.05) is 11.2 Å². The minimum atomic E-state index is -3.71. The maximum Gasteiger partial charge on any atom is 0.252 e. The largest absolute Gasteiger partial charge is 0.368 e. The molecular formula is C16H20FN3O4S. The summed E-state index contributed by atoms with van der Waals surface area (Å²) < 4.78 is 51.0. The van der Waals surface area contributed by atoms with Crippen molar-refractivity contribution in [3.63, 3.8) is 0 Å². The number of sulfonamides is 1. The summed E-state index contributed by atoms with van der Waals surface area (Å²) in [6, 6.07) is 3.81. The van der Waals surface area contributed by atoms with Gasteiger partial charge in [-0.25, -0.2) is 12.8 Å². The molecule has 0 amide bonds. The van der Waals surface area contributed by atoms with Crippen LogP contribution in [0.25, 0.3) is 0 Å². The minimum absolute atomic E-state index is 0.0215. The highest BCUT2D eigenvalue weighted by molar-refractivity contribution is 7.89. The van der Waals surface area contributed by atoms with E-state index in [-0.39, 0.29) is 17.6 Å². The van der Waals surface area contributed by atoms with Gasteiger partial charge in [0.05, 0.1) is 11.0 Å². The first-order valence-corrected chi connectivity index (χ1v) is 9.47. The molecule has 1 fully saturated rings. The summed E-state index contributed by atoms with van der Waals surface area (Å²) in [5.74, 6) is 0.394. The molecule has 0 aliphatic carbocycles. The van der Waals surface area contributed by atoms with Crippen molar-refractivity contribution in [3.05, 3.63) is 41.3 Å². The molecule has 3 rings (SSSR count). The molecule has 0 bridgehead atoms. The molecule has 0 spiro atoms. The second-order valence-corrected chi connectivity index (χ2v) is 7.97. The van der Waals surface area contributed by atoms with Gasteiger partial charge >= 0.3 is 0 Å². The highest BCUT2D eigenvalue weighted by Crippen LogP contribution is 2.25. The number of benzene rings is 1. The third kappa shape index (κ3) is 4.05. The third-order valence-electron chi connectivity index (χ3n) is 4.18. The second kappa shape index (κ2) is 7.19. The average Bonchev–Trinajstić information content (AvgIpc) is 3.01. The second-order valence-electron chi connectivity index (χ2n) is 6.06. The highest BCUT2D eigenvalue weighted by atomic mass is 32.2. The quantitative estimate of drug-likeness (QED) is 0.803. The minimum Gasteiger partial charge on any atom is -0.368 e. The van der Waals surface area contributed by atoms with Crippen LogP contribution in [0.5, 0.6) is 0 Å². The first kappa shape index (κ1) is 18.0. The molecule has 1 aliphatic heterocycles. The Morgan fingerprint density at radius 3 is 2.68 bits per heavy atom. The number of hydrogen-bond donors (Lipinski definition) is 0. The summed E-state index contributed by atoms with van der Waals surface area (Å²) in [6.45, 7) is 4.25. The molecule has 0 atom stereocenters. The van der Waals surface area contributed by atoms with E-state index in [1.54, 1.807) is 13.8 Å². The van der Waals surface area contributed by atoms with Crippen molar-refractivity contribution < 1.29 is 22.1 Å². The van der Waals surface area contributed by atoms with Crippen LogP contribution in [0.15, 0.2) is 27.6 Å². The number of ether oxygens (including phenoxy) is 1. The lowest BCUT2D eigenvalue weighted by molar-refractivity contribution is -0.00119. The summed E-state index contributed by atoms with van der Waals surface area (Å²) in [5.41, 5.74) is 0.534. The monoisotopic (exact) mass is 369 g/mol. The van der Waals surface area contributed by atoms with Crippen molar-refractivity contribution >= 4 is 10.0 Å². The summed E-state index contributed by atoms with van der Waals surface area (Å²) in [5, 5.41) is 3.69. The van der Waals surface area contributed by atoms with E-state index in [1.165, 1.54) is 16.4 Å². The van der Waals surface area contributed by atoms with Gasteiger partial charge in [-0.15, -0.1) is 0 Å². The third-order valence-corrected chi connectivity index (χ3v) is 6.22. The fourth-order valence-corrected chi connectivity index (χ4v) is 4.52. The number of nitrogens with zero attached hydrogens (tertiary/aromatic N) is 3. The molecule has 2 aromatic rings. The van der Waals surface area contributed by atoms with E-state index in [9.17, 15) is 12.8 Å². The van der Waals surface area contributed by atoms with Crippen LogP contribution in [-0.4, -0.2) is 42.1 Å². The van der Waals surface area contributed by atoms with Gasteiger partial charge in [0.2, 0.25) is 10.0 Å². The molecule has 0 saturated carbocycles. The number of halogens is 1. The van der Waals surface area contributed by atoms with Gasteiger partial charge in [0.25, 0.3) is 5.89 Å². The van der Waals surface area contributed by atoms with E-state index < -0.39 is 15.8 Å². The smallest absolute Gasteiger partial charge is 0.252 e. The van der Waals surface area contributed by atoms with Crippen LogP contribution in [0.1, 0.15) is 30.1 Å². The molecular weight excluding hydrogens is 349 g/mol. The molecule has 2 heterocycles. The van der Waals surface area contributed by atoms with Crippen LogP contribution in [0.2, 0.25) is 0 Å². The van der Waals surface area contributed by atoms with Gasteiger partial charge in [-0.05, 0) is 44.4 Å². The van der Waals surface area contributed by atoms with Gasteiger partial charge in [-0.3, -0.25) is 0 Å². The molecule has 1 aliphatic rings. The Hall–Kier alpha value is -1.84. The van der Waals surface area contributed by atoms with Crippen LogP contribution in [0.3, 0.4) is 0 Å². The number of rotatable bonds is 5. The molecule has 0 radical (unpaired) electrons. The molecule has 9 heteroatoms. The lowest BCUT2D eigenvalue weighted by Gasteiger charge is -2.31. The summed E-state index contributed by atoms with van der Waals surface area (Å²) in [6.07, 6.45) is 1.04. The zero-order valence-corrected chi connectivity index (χ0v) is 14.9. The van der Waals surface area contributed by atoms with Gasteiger partial charge in [-0.2, -0.15) is 9.29 Å².